The fourth-order valence-corrected chi connectivity index (χ4v) is 3.76. The van der Waals surface area contributed by atoms with Crippen LogP contribution in [-0.2, 0) is 0 Å². The Hall–Kier alpha value is -0.940. The second-order valence-corrected chi connectivity index (χ2v) is 8.17. The quantitative estimate of drug-likeness (QED) is 0.901. The number of thiazole rings is 1. The minimum absolute atomic E-state index is 0.124. The van der Waals surface area contributed by atoms with Crippen LogP contribution in [0.5, 0.6) is 0 Å². The highest BCUT2D eigenvalue weighted by molar-refractivity contribution is 7.11. The average molecular weight is 310 g/mol. The van der Waals surface area contributed by atoms with Gasteiger partial charge in [0, 0.05) is 6.54 Å². The van der Waals surface area contributed by atoms with E-state index in [1.165, 1.54) is 11.3 Å². The summed E-state index contributed by atoms with van der Waals surface area (Å²) in [5.74, 6) is 0.526. The van der Waals surface area contributed by atoms with E-state index in [-0.39, 0.29) is 5.91 Å². The number of hydrogen-bond donors (Lipinski definition) is 2. The molecule has 1 aliphatic carbocycles. The van der Waals surface area contributed by atoms with Crippen molar-refractivity contribution in [3.8, 4) is 0 Å². The van der Waals surface area contributed by atoms with Crippen LogP contribution in [0.1, 0.15) is 61.8 Å². The van der Waals surface area contributed by atoms with E-state index < -0.39 is 5.60 Å². The molecule has 5 heteroatoms. The molecular formula is C16H26N2O2S. The van der Waals surface area contributed by atoms with Crippen molar-refractivity contribution < 1.29 is 9.90 Å². The lowest BCUT2D eigenvalue weighted by atomic mass is 9.68. The van der Waals surface area contributed by atoms with Crippen LogP contribution in [0.15, 0.2) is 5.51 Å². The number of amides is 1. The molecule has 1 heterocycles. The zero-order valence-corrected chi connectivity index (χ0v) is 14.2. The number of nitrogens with one attached hydrogen (secondary N) is 1. The van der Waals surface area contributed by atoms with Crippen LogP contribution in [0, 0.1) is 18.3 Å². The van der Waals surface area contributed by atoms with Gasteiger partial charge in [0.15, 0.2) is 0 Å². The molecule has 0 saturated heterocycles. The zero-order valence-electron chi connectivity index (χ0n) is 13.4. The molecule has 118 valence electrons. The first-order valence-electron chi connectivity index (χ1n) is 7.62. The van der Waals surface area contributed by atoms with Crippen LogP contribution < -0.4 is 5.32 Å². The number of aryl methyl sites for hydroxylation is 1. The van der Waals surface area contributed by atoms with Crippen LogP contribution in [0.25, 0.3) is 0 Å². The predicted molar refractivity (Wildman–Crippen MR) is 85.5 cm³/mol. The maximum atomic E-state index is 12.1. The second-order valence-electron chi connectivity index (χ2n) is 7.31. The molecule has 1 saturated carbocycles. The van der Waals surface area contributed by atoms with Crippen LogP contribution in [0.3, 0.4) is 0 Å². The first-order valence-corrected chi connectivity index (χ1v) is 8.50. The van der Waals surface area contributed by atoms with Crippen LogP contribution in [0.4, 0.5) is 0 Å². The van der Waals surface area contributed by atoms with Gasteiger partial charge >= 0.3 is 0 Å². The Balaban J connectivity index is 1.87. The third-order valence-corrected chi connectivity index (χ3v) is 5.60. The van der Waals surface area contributed by atoms with Crippen molar-refractivity contribution in [1.82, 2.24) is 10.3 Å². The van der Waals surface area contributed by atoms with Crippen molar-refractivity contribution in [2.75, 3.05) is 6.54 Å². The number of rotatable bonds is 3. The average Bonchev–Trinajstić information content (AvgIpc) is 2.82. The third kappa shape index (κ3) is 4.04. The van der Waals surface area contributed by atoms with Crippen LogP contribution in [0.2, 0.25) is 0 Å². The highest BCUT2D eigenvalue weighted by Crippen LogP contribution is 2.41. The lowest BCUT2D eigenvalue weighted by Crippen LogP contribution is -2.46. The number of carbonyl (C=O) groups excluding carboxylic acids is 1. The molecule has 0 unspecified atom stereocenters. The summed E-state index contributed by atoms with van der Waals surface area (Å²) in [6.07, 6.45) is 3.57. The van der Waals surface area contributed by atoms with Gasteiger partial charge in [-0.3, -0.25) is 4.79 Å². The maximum Gasteiger partial charge on any atom is 0.263 e. The minimum atomic E-state index is -0.754. The topological polar surface area (TPSA) is 62.2 Å². The summed E-state index contributed by atoms with van der Waals surface area (Å²) in [6, 6.07) is 0. The summed E-state index contributed by atoms with van der Waals surface area (Å²) < 4.78 is 0. The standard InChI is InChI=1S/C16H26N2O2S/c1-11-13(21-10-18-11)14(19)17-9-16(20)7-5-12(6-8-16)15(2,3)4/h10,12,20H,5-9H2,1-4H3,(H,17,19). The highest BCUT2D eigenvalue weighted by atomic mass is 32.1. The van der Waals surface area contributed by atoms with Gasteiger partial charge < -0.3 is 10.4 Å². The summed E-state index contributed by atoms with van der Waals surface area (Å²) in [5, 5.41) is 13.5. The number of carbonyl (C=O) groups is 1. The number of aliphatic hydroxyl groups is 1. The molecule has 2 rings (SSSR count). The first kappa shape index (κ1) is 16.4. The number of hydrogen-bond acceptors (Lipinski definition) is 4. The fourth-order valence-electron chi connectivity index (χ4n) is 3.04. The molecule has 0 aliphatic heterocycles. The fraction of sp³-hybridized carbons (Fsp3) is 0.750. The zero-order chi connectivity index (χ0) is 15.7. The van der Waals surface area contributed by atoms with E-state index in [2.05, 4.69) is 31.1 Å². The molecule has 21 heavy (non-hydrogen) atoms. The Bertz CT molecular complexity index is 497. The van der Waals surface area contributed by atoms with Gasteiger partial charge in [-0.25, -0.2) is 4.98 Å². The van der Waals surface area contributed by atoms with Crippen molar-refractivity contribution in [2.24, 2.45) is 11.3 Å². The molecule has 0 atom stereocenters. The molecule has 1 aromatic rings. The SMILES string of the molecule is Cc1ncsc1C(=O)NCC1(O)CCC(C(C)(C)C)CC1. The lowest BCUT2D eigenvalue weighted by Gasteiger charge is -2.41. The summed E-state index contributed by atoms with van der Waals surface area (Å²) >= 11 is 1.34. The van der Waals surface area contributed by atoms with Gasteiger partial charge in [-0.2, -0.15) is 0 Å². The van der Waals surface area contributed by atoms with Crippen LogP contribution >= 0.6 is 11.3 Å². The van der Waals surface area contributed by atoms with E-state index in [1.54, 1.807) is 5.51 Å². The minimum Gasteiger partial charge on any atom is -0.388 e. The summed E-state index contributed by atoms with van der Waals surface area (Å²) in [5.41, 5.74) is 1.97. The summed E-state index contributed by atoms with van der Waals surface area (Å²) in [6.45, 7) is 8.94. The Labute approximate surface area is 131 Å². The van der Waals surface area contributed by atoms with Gasteiger partial charge in [-0.1, -0.05) is 20.8 Å². The molecule has 0 bridgehead atoms. The van der Waals surface area contributed by atoms with E-state index in [9.17, 15) is 9.90 Å². The molecule has 0 spiro atoms. The van der Waals surface area contributed by atoms with Crippen molar-refractivity contribution in [1.29, 1.82) is 0 Å². The largest absolute Gasteiger partial charge is 0.388 e. The number of nitrogens with zero attached hydrogens (tertiary/aromatic N) is 1. The number of aromatic nitrogens is 1. The normalized spacial score (nSPS) is 26.6. The van der Waals surface area contributed by atoms with E-state index >= 15 is 0 Å². The Morgan fingerprint density at radius 2 is 2.10 bits per heavy atom. The monoisotopic (exact) mass is 310 g/mol. The molecule has 0 aromatic carbocycles. The van der Waals surface area contributed by atoms with Crippen LogP contribution in [-0.4, -0.2) is 28.1 Å². The highest BCUT2D eigenvalue weighted by Gasteiger charge is 2.37. The van der Waals surface area contributed by atoms with E-state index in [1.807, 2.05) is 6.92 Å². The predicted octanol–water partition coefficient (Wildman–Crippen LogP) is 3.15. The van der Waals surface area contributed by atoms with Gasteiger partial charge in [0.1, 0.15) is 4.88 Å². The smallest absolute Gasteiger partial charge is 0.263 e. The van der Waals surface area contributed by atoms with Gasteiger partial charge in [-0.05, 0) is 43.9 Å². The van der Waals surface area contributed by atoms with E-state index in [4.69, 9.17) is 0 Å². The molecule has 0 radical (unpaired) electrons. The molecular weight excluding hydrogens is 284 g/mol. The summed E-state index contributed by atoms with van der Waals surface area (Å²) in [4.78, 5) is 16.8. The van der Waals surface area contributed by atoms with Gasteiger partial charge in [0.2, 0.25) is 0 Å². The summed E-state index contributed by atoms with van der Waals surface area (Å²) in [7, 11) is 0. The third-order valence-electron chi connectivity index (χ3n) is 4.67. The first-order chi connectivity index (χ1) is 9.71. The molecule has 4 nitrogen and oxygen atoms in total. The maximum absolute atomic E-state index is 12.1. The Morgan fingerprint density at radius 3 is 2.57 bits per heavy atom. The lowest BCUT2D eigenvalue weighted by molar-refractivity contribution is -0.0228. The Morgan fingerprint density at radius 1 is 1.48 bits per heavy atom. The Kier molecular flexibility index (Phi) is 4.73. The van der Waals surface area contributed by atoms with Gasteiger partial charge in [0.25, 0.3) is 5.91 Å². The molecule has 2 N–H and O–H groups in total. The van der Waals surface area contributed by atoms with Gasteiger partial charge in [-0.15, -0.1) is 11.3 Å². The van der Waals surface area contributed by atoms with Crippen molar-refractivity contribution in [3.05, 3.63) is 16.1 Å². The molecule has 1 aromatic heterocycles. The van der Waals surface area contributed by atoms with Crippen molar-refractivity contribution in [3.63, 3.8) is 0 Å². The van der Waals surface area contributed by atoms with Crippen molar-refractivity contribution >= 4 is 17.2 Å². The van der Waals surface area contributed by atoms with Crippen molar-refractivity contribution in [2.45, 2.75) is 59.0 Å². The van der Waals surface area contributed by atoms with E-state index in [0.29, 0.717) is 22.8 Å². The second kappa shape index (κ2) is 6.05. The molecule has 1 fully saturated rings. The molecule has 1 amide bonds. The van der Waals surface area contributed by atoms with E-state index in [0.717, 1.165) is 31.4 Å². The molecule has 1 aliphatic rings. The van der Waals surface area contributed by atoms with Gasteiger partial charge in [0.05, 0.1) is 16.8 Å².